The van der Waals surface area contributed by atoms with Gasteiger partial charge in [-0.25, -0.2) is 0 Å². The predicted molar refractivity (Wildman–Crippen MR) is 76.5 cm³/mol. The van der Waals surface area contributed by atoms with Crippen LogP contribution in [-0.2, 0) is 4.79 Å². The second-order valence-electron chi connectivity index (χ2n) is 5.24. The molecule has 0 aliphatic heterocycles. The summed E-state index contributed by atoms with van der Waals surface area (Å²) in [6.45, 7) is 1.43. The minimum atomic E-state index is -0.230. The van der Waals surface area contributed by atoms with Crippen LogP contribution in [0.15, 0.2) is 24.3 Å². The van der Waals surface area contributed by atoms with E-state index in [-0.39, 0.29) is 24.0 Å². The smallest absolute Gasteiger partial charge is 0.251 e. The lowest BCUT2D eigenvalue weighted by atomic mass is 9.93. The summed E-state index contributed by atoms with van der Waals surface area (Å²) in [4.78, 5) is 23.2. The summed E-state index contributed by atoms with van der Waals surface area (Å²) >= 11 is 0. The Kier molecular flexibility index (Phi) is 4.74. The van der Waals surface area contributed by atoms with Crippen LogP contribution in [0.5, 0.6) is 0 Å². The third kappa shape index (κ3) is 4.06. The number of benzene rings is 1. The molecule has 1 fully saturated rings. The van der Waals surface area contributed by atoms with Crippen molar-refractivity contribution >= 4 is 17.5 Å². The van der Waals surface area contributed by atoms with Crippen molar-refractivity contribution in [3.05, 3.63) is 29.8 Å². The number of hydrogen-bond donors (Lipinski definition) is 3. The lowest BCUT2D eigenvalue weighted by Gasteiger charge is -2.26. The predicted octanol–water partition coefficient (Wildman–Crippen LogP) is 1.68. The van der Waals surface area contributed by atoms with Crippen molar-refractivity contribution in [3.8, 4) is 0 Å². The van der Waals surface area contributed by atoms with Crippen LogP contribution in [0.1, 0.15) is 43.0 Å². The first-order valence-corrected chi connectivity index (χ1v) is 6.91. The zero-order valence-electron chi connectivity index (χ0n) is 11.6. The molecule has 2 amide bonds. The molecule has 1 aliphatic rings. The molecule has 0 unspecified atom stereocenters. The Balaban J connectivity index is 1.96. The van der Waals surface area contributed by atoms with Gasteiger partial charge in [0.15, 0.2) is 0 Å². The van der Waals surface area contributed by atoms with Crippen LogP contribution in [-0.4, -0.2) is 29.1 Å². The van der Waals surface area contributed by atoms with E-state index < -0.39 is 0 Å². The number of nitrogens with one attached hydrogen (secondary N) is 2. The summed E-state index contributed by atoms with van der Waals surface area (Å²) in [6.07, 6.45) is 2.84. The van der Waals surface area contributed by atoms with E-state index in [2.05, 4.69) is 10.6 Å². The van der Waals surface area contributed by atoms with Gasteiger partial charge in [0.05, 0.1) is 6.10 Å². The highest BCUT2D eigenvalue weighted by atomic mass is 16.3. The van der Waals surface area contributed by atoms with Crippen LogP contribution in [0.25, 0.3) is 0 Å². The molecule has 1 saturated carbocycles. The van der Waals surface area contributed by atoms with E-state index in [0.717, 1.165) is 25.7 Å². The van der Waals surface area contributed by atoms with E-state index in [1.807, 2.05) is 0 Å². The Morgan fingerprint density at radius 2 is 1.90 bits per heavy atom. The number of anilines is 1. The van der Waals surface area contributed by atoms with Crippen LogP contribution in [0.2, 0.25) is 0 Å². The summed E-state index contributed by atoms with van der Waals surface area (Å²) in [5, 5.41) is 15.1. The van der Waals surface area contributed by atoms with Crippen LogP contribution < -0.4 is 10.6 Å². The molecular weight excluding hydrogens is 256 g/mol. The molecule has 2 rings (SSSR count). The summed E-state index contributed by atoms with van der Waals surface area (Å²) in [5.41, 5.74) is 1.14. The SMILES string of the molecule is CC(=O)Nc1cccc(C(=O)NC2CCC(O)CC2)c1. The molecule has 108 valence electrons. The zero-order chi connectivity index (χ0) is 14.5. The molecular formula is C15H20N2O3. The van der Waals surface area contributed by atoms with E-state index in [0.29, 0.717) is 11.3 Å². The maximum atomic E-state index is 12.1. The van der Waals surface area contributed by atoms with Crippen molar-refractivity contribution in [2.75, 3.05) is 5.32 Å². The fraction of sp³-hybridized carbons (Fsp3) is 0.467. The minimum Gasteiger partial charge on any atom is -0.393 e. The number of carbonyl (C=O) groups is 2. The summed E-state index contributed by atoms with van der Waals surface area (Å²) in [5.74, 6) is -0.303. The van der Waals surface area contributed by atoms with Crippen molar-refractivity contribution in [1.82, 2.24) is 5.32 Å². The van der Waals surface area contributed by atoms with Crippen molar-refractivity contribution in [2.45, 2.75) is 44.8 Å². The Hall–Kier alpha value is -1.88. The first-order valence-electron chi connectivity index (χ1n) is 6.91. The first kappa shape index (κ1) is 14.5. The lowest BCUT2D eigenvalue weighted by molar-refractivity contribution is -0.114. The Bertz CT molecular complexity index is 494. The number of aliphatic hydroxyl groups is 1. The monoisotopic (exact) mass is 276 g/mol. The van der Waals surface area contributed by atoms with Gasteiger partial charge >= 0.3 is 0 Å². The van der Waals surface area contributed by atoms with Gasteiger partial charge in [0.1, 0.15) is 0 Å². The lowest BCUT2D eigenvalue weighted by Crippen LogP contribution is -2.38. The van der Waals surface area contributed by atoms with E-state index in [1.165, 1.54) is 6.92 Å². The number of amides is 2. The third-order valence-electron chi connectivity index (χ3n) is 3.48. The second kappa shape index (κ2) is 6.52. The number of rotatable bonds is 3. The van der Waals surface area contributed by atoms with Crippen LogP contribution in [0.4, 0.5) is 5.69 Å². The highest BCUT2D eigenvalue weighted by molar-refractivity contribution is 5.96. The maximum Gasteiger partial charge on any atom is 0.251 e. The normalized spacial score (nSPS) is 22.1. The highest BCUT2D eigenvalue weighted by Gasteiger charge is 2.21. The van der Waals surface area contributed by atoms with Crippen molar-refractivity contribution < 1.29 is 14.7 Å². The average molecular weight is 276 g/mol. The first-order chi connectivity index (χ1) is 9.54. The Morgan fingerprint density at radius 3 is 2.55 bits per heavy atom. The van der Waals surface area contributed by atoms with Gasteiger partial charge in [0, 0.05) is 24.2 Å². The summed E-state index contributed by atoms with van der Waals surface area (Å²) in [7, 11) is 0. The standard InChI is InChI=1S/C15H20N2O3/c1-10(18)16-13-4-2-3-11(9-13)15(20)17-12-5-7-14(19)8-6-12/h2-4,9,12,14,19H,5-8H2,1H3,(H,16,18)(H,17,20). The largest absolute Gasteiger partial charge is 0.393 e. The molecule has 0 spiro atoms. The maximum absolute atomic E-state index is 12.1. The van der Waals surface area contributed by atoms with Crippen LogP contribution >= 0.6 is 0 Å². The molecule has 1 aromatic carbocycles. The molecule has 0 saturated heterocycles. The fourth-order valence-corrected chi connectivity index (χ4v) is 2.43. The number of carbonyl (C=O) groups excluding carboxylic acids is 2. The number of hydrogen-bond acceptors (Lipinski definition) is 3. The average Bonchev–Trinajstić information content (AvgIpc) is 2.41. The van der Waals surface area contributed by atoms with E-state index in [9.17, 15) is 14.7 Å². The Morgan fingerprint density at radius 1 is 1.20 bits per heavy atom. The topological polar surface area (TPSA) is 78.4 Å². The van der Waals surface area contributed by atoms with Gasteiger partial charge < -0.3 is 15.7 Å². The van der Waals surface area contributed by atoms with Crippen LogP contribution in [0, 0.1) is 0 Å². The minimum absolute atomic E-state index is 0.121. The van der Waals surface area contributed by atoms with E-state index in [4.69, 9.17) is 0 Å². The quantitative estimate of drug-likeness (QED) is 0.786. The molecule has 0 heterocycles. The third-order valence-corrected chi connectivity index (χ3v) is 3.48. The van der Waals surface area contributed by atoms with Gasteiger partial charge in [-0.2, -0.15) is 0 Å². The van der Waals surface area contributed by atoms with Crippen molar-refractivity contribution in [3.63, 3.8) is 0 Å². The van der Waals surface area contributed by atoms with Crippen LogP contribution in [0.3, 0.4) is 0 Å². The molecule has 1 aromatic rings. The molecule has 1 aliphatic carbocycles. The molecule has 5 nitrogen and oxygen atoms in total. The highest BCUT2D eigenvalue weighted by Crippen LogP contribution is 2.19. The molecule has 0 radical (unpaired) electrons. The van der Waals surface area contributed by atoms with E-state index in [1.54, 1.807) is 24.3 Å². The molecule has 20 heavy (non-hydrogen) atoms. The zero-order valence-corrected chi connectivity index (χ0v) is 11.6. The molecule has 3 N–H and O–H groups in total. The van der Waals surface area contributed by atoms with Gasteiger partial charge in [-0.1, -0.05) is 6.07 Å². The Labute approximate surface area is 118 Å². The van der Waals surface area contributed by atoms with Gasteiger partial charge in [-0.15, -0.1) is 0 Å². The van der Waals surface area contributed by atoms with Gasteiger partial charge in [0.25, 0.3) is 5.91 Å². The molecule has 5 heteroatoms. The van der Waals surface area contributed by atoms with Crippen molar-refractivity contribution in [1.29, 1.82) is 0 Å². The number of aliphatic hydroxyl groups excluding tert-OH is 1. The van der Waals surface area contributed by atoms with Gasteiger partial charge in [-0.05, 0) is 43.9 Å². The second-order valence-corrected chi connectivity index (χ2v) is 5.24. The molecule has 0 aromatic heterocycles. The van der Waals surface area contributed by atoms with Crippen molar-refractivity contribution in [2.24, 2.45) is 0 Å². The van der Waals surface area contributed by atoms with Gasteiger partial charge in [0.2, 0.25) is 5.91 Å². The summed E-state index contributed by atoms with van der Waals surface area (Å²) < 4.78 is 0. The van der Waals surface area contributed by atoms with E-state index >= 15 is 0 Å². The van der Waals surface area contributed by atoms with Gasteiger partial charge in [-0.3, -0.25) is 9.59 Å². The fourth-order valence-electron chi connectivity index (χ4n) is 2.43. The summed E-state index contributed by atoms with van der Waals surface area (Å²) in [6, 6.07) is 6.99. The molecule has 0 bridgehead atoms. The molecule has 0 atom stereocenters.